The summed E-state index contributed by atoms with van der Waals surface area (Å²) in [6.07, 6.45) is 0.181. The Morgan fingerprint density at radius 2 is 2.18 bits per heavy atom. The van der Waals surface area contributed by atoms with Gasteiger partial charge in [-0.25, -0.2) is 0 Å². The topological polar surface area (TPSA) is 121 Å². The third-order valence-corrected chi connectivity index (χ3v) is 3.82. The molecule has 8 heteroatoms. The molecule has 0 saturated carbocycles. The number of nitrogens with one attached hydrogen (secondary N) is 2. The van der Waals surface area contributed by atoms with Crippen LogP contribution in [-0.2, 0) is 9.59 Å². The van der Waals surface area contributed by atoms with Gasteiger partial charge in [0.15, 0.2) is 5.69 Å². The molecule has 0 aliphatic carbocycles. The largest absolute Gasteiger partial charge is 0.364 e. The number of nitrogens with zero attached hydrogens (tertiary/aromatic N) is 2. The van der Waals surface area contributed by atoms with E-state index in [1.165, 1.54) is 0 Å². The number of H-pyrrole nitrogens is 1. The van der Waals surface area contributed by atoms with Gasteiger partial charge in [-0.05, 0) is 12.8 Å². The summed E-state index contributed by atoms with van der Waals surface area (Å²) in [7, 11) is 0. The highest BCUT2D eigenvalue weighted by atomic mass is 16.2. The van der Waals surface area contributed by atoms with Crippen molar-refractivity contribution in [3.05, 3.63) is 11.4 Å². The monoisotopic (exact) mass is 307 g/mol. The highest BCUT2D eigenvalue weighted by molar-refractivity contribution is 6.04. The van der Waals surface area contributed by atoms with Gasteiger partial charge in [0.25, 0.3) is 5.91 Å². The number of carbonyl (C=O) groups is 3. The average molecular weight is 307 g/mol. The summed E-state index contributed by atoms with van der Waals surface area (Å²) in [5, 5.41) is 9.32. The van der Waals surface area contributed by atoms with Gasteiger partial charge in [0.1, 0.15) is 0 Å². The maximum Gasteiger partial charge on any atom is 0.271 e. The molecule has 120 valence electrons. The first-order valence-corrected chi connectivity index (χ1v) is 7.31. The lowest BCUT2D eigenvalue weighted by Crippen LogP contribution is -2.29. The number of aromatic amines is 1. The standard InChI is InChI=1S/C14H21N5O3/c1-4-19-6-8(5-9(19)20)14(22)16-11-10(7(2)3)17-18-12(11)13(15)21/h7-8H,4-6H2,1-3H3,(H2,15,21)(H,16,22)(H,17,18). The number of amides is 3. The van der Waals surface area contributed by atoms with E-state index in [4.69, 9.17) is 5.73 Å². The summed E-state index contributed by atoms with van der Waals surface area (Å²) in [5.74, 6) is -1.43. The molecule has 1 aromatic rings. The molecule has 22 heavy (non-hydrogen) atoms. The Kier molecular flexibility index (Phi) is 4.48. The Labute approximate surface area is 128 Å². The van der Waals surface area contributed by atoms with Crippen LogP contribution in [0.1, 0.15) is 49.3 Å². The first-order valence-electron chi connectivity index (χ1n) is 7.31. The van der Waals surface area contributed by atoms with Gasteiger partial charge in [0.05, 0.1) is 17.3 Å². The molecule has 3 amide bonds. The van der Waals surface area contributed by atoms with Gasteiger partial charge in [0, 0.05) is 19.5 Å². The van der Waals surface area contributed by atoms with Gasteiger partial charge in [-0.1, -0.05) is 13.8 Å². The second kappa shape index (κ2) is 6.17. The molecule has 1 aromatic heterocycles. The maximum absolute atomic E-state index is 12.4. The van der Waals surface area contributed by atoms with Crippen molar-refractivity contribution in [2.24, 2.45) is 11.7 Å². The van der Waals surface area contributed by atoms with E-state index in [1.807, 2.05) is 20.8 Å². The van der Waals surface area contributed by atoms with Crippen LogP contribution in [0.15, 0.2) is 0 Å². The number of primary amides is 1. The molecule has 1 atom stereocenters. The third-order valence-electron chi connectivity index (χ3n) is 3.82. The predicted octanol–water partition coefficient (Wildman–Crippen LogP) is 0.439. The fraction of sp³-hybridized carbons (Fsp3) is 0.571. The van der Waals surface area contributed by atoms with Gasteiger partial charge in [-0.3, -0.25) is 19.5 Å². The van der Waals surface area contributed by atoms with Crippen LogP contribution in [0.3, 0.4) is 0 Å². The van der Waals surface area contributed by atoms with E-state index < -0.39 is 11.8 Å². The minimum atomic E-state index is -0.712. The molecular weight excluding hydrogens is 286 g/mol. The Hall–Kier alpha value is -2.38. The van der Waals surface area contributed by atoms with Crippen LogP contribution in [0.25, 0.3) is 0 Å². The number of hydrogen-bond donors (Lipinski definition) is 3. The molecule has 2 rings (SSSR count). The average Bonchev–Trinajstić information content (AvgIpc) is 3.02. The highest BCUT2D eigenvalue weighted by Gasteiger charge is 2.34. The lowest BCUT2D eigenvalue weighted by atomic mass is 10.1. The molecule has 4 N–H and O–H groups in total. The van der Waals surface area contributed by atoms with Crippen LogP contribution in [0.2, 0.25) is 0 Å². The van der Waals surface area contributed by atoms with E-state index in [1.54, 1.807) is 4.90 Å². The van der Waals surface area contributed by atoms with Gasteiger partial charge < -0.3 is 16.0 Å². The van der Waals surface area contributed by atoms with Crippen LogP contribution < -0.4 is 11.1 Å². The summed E-state index contributed by atoms with van der Waals surface area (Å²) in [6, 6.07) is 0. The molecule has 1 aliphatic rings. The van der Waals surface area contributed by atoms with Crippen molar-refractivity contribution in [2.75, 3.05) is 18.4 Å². The van der Waals surface area contributed by atoms with Gasteiger partial charge in [-0.2, -0.15) is 5.10 Å². The molecule has 1 unspecified atom stereocenters. The lowest BCUT2D eigenvalue weighted by Gasteiger charge is -2.14. The third kappa shape index (κ3) is 2.95. The SMILES string of the molecule is CCN1CC(C(=O)Nc2c(C(N)=O)n[nH]c2C(C)C)CC1=O. The van der Waals surface area contributed by atoms with Crippen molar-refractivity contribution in [3.8, 4) is 0 Å². The second-order valence-electron chi connectivity index (χ2n) is 5.70. The van der Waals surface area contributed by atoms with Crippen molar-refractivity contribution in [1.82, 2.24) is 15.1 Å². The van der Waals surface area contributed by atoms with E-state index in [0.29, 0.717) is 24.5 Å². The Morgan fingerprint density at radius 3 is 2.68 bits per heavy atom. The van der Waals surface area contributed by atoms with Gasteiger partial charge >= 0.3 is 0 Å². The summed E-state index contributed by atoms with van der Waals surface area (Å²) in [6.45, 7) is 6.66. The van der Waals surface area contributed by atoms with E-state index in [2.05, 4.69) is 15.5 Å². The zero-order valence-corrected chi connectivity index (χ0v) is 13.0. The Bertz CT molecular complexity index is 608. The normalized spacial score (nSPS) is 18.1. The smallest absolute Gasteiger partial charge is 0.271 e. The fourth-order valence-electron chi connectivity index (χ4n) is 2.56. The molecule has 1 fully saturated rings. The molecule has 2 heterocycles. The van der Waals surface area contributed by atoms with Crippen molar-refractivity contribution in [3.63, 3.8) is 0 Å². The Balaban J connectivity index is 2.20. The van der Waals surface area contributed by atoms with E-state index in [-0.39, 0.29) is 29.8 Å². The van der Waals surface area contributed by atoms with E-state index >= 15 is 0 Å². The number of likely N-dealkylation sites (tertiary alicyclic amines) is 1. The zero-order chi connectivity index (χ0) is 16.4. The number of aromatic nitrogens is 2. The molecule has 0 spiro atoms. The van der Waals surface area contributed by atoms with E-state index in [9.17, 15) is 14.4 Å². The van der Waals surface area contributed by atoms with Crippen molar-refractivity contribution >= 4 is 23.4 Å². The molecule has 1 aliphatic heterocycles. The van der Waals surface area contributed by atoms with Gasteiger partial charge in [0.2, 0.25) is 11.8 Å². The van der Waals surface area contributed by atoms with Crippen LogP contribution in [0.5, 0.6) is 0 Å². The summed E-state index contributed by atoms with van der Waals surface area (Å²) < 4.78 is 0. The van der Waals surface area contributed by atoms with Crippen molar-refractivity contribution in [1.29, 1.82) is 0 Å². The van der Waals surface area contributed by atoms with Crippen molar-refractivity contribution < 1.29 is 14.4 Å². The predicted molar refractivity (Wildman–Crippen MR) is 80.2 cm³/mol. The quantitative estimate of drug-likeness (QED) is 0.730. The lowest BCUT2D eigenvalue weighted by molar-refractivity contribution is -0.128. The zero-order valence-electron chi connectivity index (χ0n) is 13.0. The van der Waals surface area contributed by atoms with E-state index in [0.717, 1.165) is 0 Å². The van der Waals surface area contributed by atoms with Crippen LogP contribution in [0, 0.1) is 5.92 Å². The Morgan fingerprint density at radius 1 is 1.50 bits per heavy atom. The molecule has 0 radical (unpaired) electrons. The molecular formula is C14H21N5O3. The maximum atomic E-state index is 12.4. The summed E-state index contributed by atoms with van der Waals surface area (Å²) in [5.41, 5.74) is 6.25. The second-order valence-corrected chi connectivity index (χ2v) is 5.70. The molecule has 8 nitrogen and oxygen atoms in total. The minimum Gasteiger partial charge on any atom is -0.364 e. The minimum absolute atomic E-state index is 0.00808. The number of hydrogen-bond acceptors (Lipinski definition) is 4. The fourth-order valence-corrected chi connectivity index (χ4v) is 2.56. The first-order chi connectivity index (χ1) is 10.3. The van der Waals surface area contributed by atoms with Crippen LogP contribution in [-0.4, -0.2) is 45.9 Å². The first kappa shape index (κ1) is 16.0. The molecule has 1 saturated heterocycles. The number of carbonyl (C=O) groups excluding carboxylic acids is 3. The van der Waals surface area contributed by atoms with Gasteiger partial charge in [-0.15, -0.1) is 0 Å². The van der Waals surface area contributed by atoms with Crippen molar-refractivity contribution in [2.45, 2.75) is 33.1 Å². The molecule has 0 aromatic carbocycles. The summed E-state index contributed by atoms with van der Waals surface area (Å²) in [4.78, 5) is 37.2. The number of anilines is 1. The van der Waals surface area contributed by atoms with Crippen LogP contribution >= 0.6 is 0 Å². The summed E-state index contributed by atoms with van der Waals surface area (Å²) >= 11 is 0. The number of rotatable bonds is 5. The molecule has 0 bridgehead atoms. The van der Waals surface area contributed by atoms with Crippen LogP contribution in [0.4, 0.5) is 5.69 Å². The highest BCUT2D eigenvalue weighted by Crippen LogP contribution is 2.27. The number of nitrogens with two attached hydrogens (primary N) is 1.